The summed E-state index contributed by atoms with van der Waals surface area (Å²) in [6.45, 7) is 9.39. The van der Waals surface area contributed by atoms with Crippen molar-refractivity contribution in [3.8, 4) is 0 Å². The summed E-state index contributed by atoms with van der Waals surface area (Å²) in [5.41, 5.74) is 1.89. The van der Waals surface area contributed by atoms with Gasteiger partial charge >= 0.3 is 7.12 Å². The largest absolute Gasteiger partial charge is 0.494 e. The van der Waals surface area contributed by atoms with Crippen LogP contribution in [0.3, 0.4) is 0 Å². The zero-order chi connectivity index (χ0) is 15.0. The van der Waals surface area contributed by atoms with Crippen LogP contribution < -0.4 is 5.46 Å². The van der Waals surface area contributed by atoms with Gasteiger partial charge in [-0.05, 0) is 59.2 Å². The van der Waals surface area contributed by atoms with Crippen molar-refractivity contribution in [2.24, 2.45) is 0 Å². The molecule has 4 heteroatoms. The van der Waals surface area contributed by atoms with Crippen molar-refractivity contribution >= 4 is 12.6 Å². The topological polar surface area (TPSA) is 21.7 Å². The maximum atomic E-state index is 6.06. The Labute approximate surface area is 123 Å². The van der Waals surface area contributed by atoms with Crippen LogP contribution >= 0.6 is 0 Å². The minimum atomic E-state index is -0.277. The maximum absolute atomic E-state index is 6.06. The molecule has 0 aliphatic carbocycles. The minimum Gasteiger partial charge on any atom is -0.399 e. The van der Waals surface area contributed by atoms with Gasteiger partial charge in [-0.1, -0.05) is 24.3 Å². The molecule has 20 heavy (non-hydrogen) atoms. The smallest absolute Gasteiger partial charge is 0.399 e. The number of likely N-dealkylation sites (N-methyl/N-ethyl adjacent to an activating group) is 1. The van der Waals surface area contributed by atoms with E-state index in [0.717, 1.165) is 18.4 Å². The van der Waals surface area contributed by atoms with Gasteiger partial charge in [0.05, 0.1) is 11.2 Å². The molecule has 1 aromatic carbocycles. The lowest BCUT2D eigenvalue weighted by Crippen LogP contribution is -2.41. The molecule has 1 heterocycles. The molecule has 0 bridgehead atoms. The number of hydrogen-bond donors (Lipinski definition) is 0. The Morgan fingerprint density at radius 2 is 1.45 bits per heavy atom. The lowest BCUT2D eigenvalue weighted by Gasteiger charge is -2.32. The Morgan fingerprint density at radius 3 is 1.90 bits per heavy atom. The Balaban J connectivity index is 2.05. The molecule has 1 saturated heterocycles. The summed E-state index contributed by atoms with van der Waals surface area (Å²) < 4.78 is 12.1. The fourth-order valence-electron chi connectivity index (χ4n) is 2.17. The van der Waals surface area contributed by atoms with Crippen LogP contribution in [0, 0.1) is 0 Å². The Bertz CT molecular complexity index is 438. The molecule has 1 fully saturated rings. The maximum Gasteiger partial charge on any atom is 0.494 e. The molecule has 0 saturated carbocycles. The Morgan fingerprint density at radius 1 is 0.950 bits per heavy atom. The van der Waals surface area contributed by atoms with Crippen LogP contribution in [0.15, 0.2) is 24.3 Å². The molecule has 0 radical (unpaired) electrons. The summed E-state index contributed by atoms with van der Waals surface area (Å²) in [6.07, 6.45) is 1.07. The normalized spacial score (nSPS) is 20.6. The standard InChI is InChI=1S/C16H26BNO2/c1-15(2)16(3,4)20-17(19-15)14-9-7-13(8-10-14)11-12-18(5)6/h7-10H,11-12H2,1-6H3. The van der Waals surface area contributed by atoms with E-state index in [2.05, 4.69) is 71.0 Å². The second kappa shape index (κ2) is 5.51. The van der Waals surface area contributed by atoms with E-state index in [-0.39, 0.29) is 18.3 Å². The third-order valence-corrected chi connectivity index (χ3v) is 4.35. The van der Waals surface area contributed by atoms with Gasteiger partial charge in [0.25, 0.3) is 0 Å². The molecule has 0 aromatic heterocycles. The lowest BCUT2D eigenvalue weighted by atomic mass is 9.79. The van der Waals surface area contributed by atoms with Gasteiger partial charge in [0.15, 0.2) is 0 Å². The Kier molecular flexibility index (Phi) is 4.28. The number of hydrogen-bond acceptors (Lipinski definition) is 3. The van der Waals surface area contributed by atoms with Gasteiger partial charge in [-0.25, -0.2) is 0 Å². The molecular weight excluding hydrogens is 249 g/mol. The van der Waals surface area contributed by atoms with E-state index < -0.39 is 0 Å². The van der Waals surface area contributed by atoms with E-state index in [1.165, 1.54) is 5.56 Å². The first-order chi connectivity index (χ1) is 9.21. The van der Waals surface area contributed by atoms with Gasteiger partial charge in [0.1, 0.15) is 0 Å². The second-order valence-corrected chi connectivity index (χ2v) is 6.88. The van der Waals surface area contributed by atoms with Crippen LogP contribution in [-0.2, 0) is 15.7 Å². The highest BCUT2D eigenvalue weighted by molar-refractivity contribution is 6.62. The van der Waals surface area contributed by atoms with E-state index in [0.29, 0.717) is 0 Å². The number of nitrogens with zero attached hydrogens (tertiary/aromatic N) is 1. The summed E-state index contributed by atoms with van der Waals surface area (Å²) in [4.78, 5) is 2.20. The monoisotopic (exact) mass is 275 g/mol. The van der Waals surface area contributed by atoms with Crippen molar-refractivity contribution in [3.63, 3.8) is 0 Å². The van der Waals surface area contributed by atoms with Crippen LogP contribution in [0.1, 0.15) is 33.3 Å². The fourth-order valence-corrected chi connectivity index (χ4v) is 2.17. The van der Waals surface area contributed by atoms with Crippen molar-refractivity contribution in [3.05, 3.63) is 29.8 Å². The number of benzene rings is 1. The first kappa shape index (κ1) is 15.6. The molecule has 0 atom stereocenters. The quantitative estimate of drug-likeness (QED) is 0.785. The third kappa shape index (κ3) is 3.25. The van der Waals surface area contributed by atoms with E-state index in [4.69, 9.17) is 9.31 Å². The van der Waals surface area contributed by atoms with E-state index in [1.807, 2.05) is 0 Å². The van der Waals surface area contributed by atoms with E-state index in [9.17, 15) is 0 Å². The van der Waals surface area contributed by atoms with Crippen molar-refractivity contribution in [2.45, 2.75) is 45.3 Å². The molecule has 3 nitrogen and oxygen atoms in total. The molecule has 1 aliphatic heterocycles. The summed E-state index contributed by atoms with van der Waals surface area (Å²) in [5, 5.41) is 0. The van der Waals surface area contributed by atoms with Crippen molar-refractivity contribution < 1.29 is 9.31 Å². The van der Waals surface area contributed by atoms with Crippen molar-refractivity contribution in [2.75, 3.05) is 20.6 Å². The SMILES string of the molecule is CN(C)CCc1ccc(B2OC(C)(C)C(C)(C)O2)cc1. The Hall–Kier alpha value is -0.835. The van der Waals surface area contributed by atoms with Crippen LogP contribution in [0.4, 0.5) is 0 Å². The first-order valence-corrected chi connectivity index (χ1v) is 7.30. The van der Waals surface area contributed by atoms with Crippen molar-refractivity contribution in [1.29, 1.82) is 0 Å². The van der Waals surface area contributed by atoms with Gasteiger partial charge < -0.3 is 14.2 Å². The highest BCUT2D eigenvalue weighted by Gasteiger charge is 2.51. The highest BCUT2D eigenvalue weighted by atomic mass is 16.7. The summed E-state index contributed by atoms with van der Waals surface area (Å²) in [5.74, 6) is 0. The summed E-state index contributed by atoms with van der Waals surface area (Å²) in [6, 6.07) is 8.58. The molecule has 0 N–H and O–H groups in total. The van der Waals surface area contributed by atoms with E-state index >= 15 is 0 Å². The molecule has 110 valence electrons. The molecule has 0 unspecified atom stereocenters. The van der Waals surface area contributed by atoms with Gasteiger partial charge in [-0.15, -0.1) is 0 Å². The highest BCUT2D eigenvalue weighted by Crippen LogP contribution is 2.36. The predicted octanol–water partition coefficient (Wildman–Crippen LogP) is 2.09. The third-order valence-electron chi connectivity index (χ3n) is 4.35. The zero-order valence-corrected chi connectivity index (χ0v) is 13.6. The van der Waals surface area contributed by atoms with E-state index in [1.54, 1.807) is 0 Å². The fraction of sp³-hybridized carbons (Fsp3) is 0.625. The molecule has 1 aliphatic rings. The molecular formula is C16H26BNO2. The van der Waals surface area contributed by atoms with Crippen molar-refractivity contribution in [1.82, 2.24) is 4.90 Å². The average Bonchev–Trinajstić information content (AvgIpc) is 2.56. The van der Waals surface area contributed by atoms with Gasteiger partial charge in [-0.3, -0.25) is 0 Å². The van der Waals surface area contributed by atoms with Crippen LogP contribution in [0.25, 0.3) is 0 Å². The molecule has 1 aromatic rings. The van der Waals surface area contributed by atoms with Crippen LogP contribution in [-0.4, -0.2) is 43.9 Å². The zero-order valence-electron chi connectivity index (χ0n) is 13.6. The molecule has 0 spiro atoms. The van der Waals surface area contributed by atoms with Gasteiger partial charge in [0.2, 0.25) is 0 Å². The summed E-state index contributed by atoms with van der Waals surface area (Å²) >= 11 is 0. The minimum absolute atomic E-state index is 0.261. The second-order valence-electron chi connectivity index (χ2n) is 6.88. The van der Waals surface area contributed by atoms with Gasteiger partial charge in [-0.2, -0.15) is 0 Å². The number of rotatable bonds is 4. The van der Waals surface area contributed by atoms with Crippen LogP contribution in [0.5, 0.6) is 0 Å². The summed E-state index contributed by atoms with van der Waals surface area (Å²) in [7, 11) is 3.93. The molecule has 2 rings (SSSR count). The average molecular weight is 275 g/mol. The van der Waals surface area contributed by atoms with Crippen LogP contribution in [0.2, 0.25) is 0 Å². The lowest BCUT2D eigenvalue weighted by molar-refractivity contribution is 0.00578. The predicted molar refractivity (Wildman–Crippen MR) is 84.4 cm³/mol. The molecule has 0 amide bonds. The van der Waals surface area contributed by atoms with Gasteiger partial charge in [0, 0.05) is 6.54 Å². The first-order valence-electron chi connectivity index (χ1n) is 7.30.